The number of hydrogen-bond acceptors (Lipinski definition) is 4. The van der Waals surface area contributed by atoms with Crippen LogP contribution in [0.25, 0.3) is 0 Å². The Labute approximate surface area is 144 Å². The van der Waals surface area contributed by atoms with Gasteiger partial charge in [-0.2, -0.15) is 11.8 Å². The molecule has 2 aliphatic heterocycles. The minimum Gasteiger partial charge on any atom is -0.442 e. The summed E-state index contributed by atoms with van der Waals surface area (Å²) in [5, 5.41) is 2.82. The molecule has 3 rings (SSSR count). The van der Waals surface area contributed by atoms with Crippen LogP contribution in [0, 0.1) is 5.82 Å². The van der Waals surface area contributed by atoms with E-state index in [0.29, 0.717) is 17.8 Å². The maximum Gasteiger partial charge on any atom is 0.414 e. The standard InChI is InChI=1S/C17H21FN2O3S/c1-11(21)19-9-13-10-20(17(22)23-13)12-5-6-14(15(18)8-12)16-4-2-3-7-24-16/h5-6,8,13,16H,2-4,7,9-10H2,1H3,(H,19,21)/t13?,16-/m0/s1. The van der Waals surface area contributed by atoms with Gasteiger partial charge in [0.05, 0.1) is 18.8 Å². The molecule has 130 valence electrons. The van der Waals surface area contributed by atoms with Crippen molar-refractivity contribution in [2.24, 2.45) is 0 Å². The van der Waals surface area contributed by atoms with Crippen molar-refractivity contribution < 1.29 is 18.7 Å². The van der Waals surface area contributed by atoms with Gasteiger partial charge in [-0.1, -0.05) is 12.5 Å². The van der Waals surface area contributed by atoms with E-state index in [-0.39, 0.29) is 23.5 Å². The Kier molecular flexibility index (Phi) is 5.28. The smallest absolute Gasteiger partial charge is 0.414 e. The Morgan fingerprint density at radius 3 is 2.96 bits per heavy atom. The van der Waals surface area contributed by atoms with Gasteiger partial charge >= 0.3 is 6.09 Å². The lowest BCUT2D eigenvalue weighted by Gasteiger charge is -2.23. The van der Waals surface area contributed by atoms with Crippen LogP contribution >= 0.6 is 11.8 Å². The van der Waals surface area contributed by atoms with Gasteiger partial charge in [0.2, 0.25) is 5.91 Å². The second kappa shape index (κ2) is 7.42. The number of carbonyl (C=O) groups excluding carboxylic acids is 2. The monoisotopic (exact) mass is 352 g/mol. The number of benzene rings is 1. The number of thioether (sulfide) groups is 1. The fraction of sp³-hybridized carbons (Fsp3) is 0.529. The predicted octanol–water partition coefficient (Wildman–Crippen LogP) is 3.25. The van der Waals surface area contributed by atoms with Gasteiger partial charge in [-0.3, -0.25) is 9.69 Å². The number of nitrogens with one attached hydrogen (secondary N) is 1. The highest BCUT2D eigenvalue weighted by molar-refractivity contribution is 7.99. The summed E-state index contributed by atoms with van der Waals surface area (Å²) >= 11 is 1.79. The van der Waals surface area contributed by atoms with Gasteiger partial charge in [-0.25, -0.2) is 9.18 Å². The zero-order valence-electron chi connectivity index (χ0n) is 13.6. The van der Waals surface area contributed by atoms with Crippen molar-refractivity contribution in [1.82, 2.24) is 5.32 Å². The second-order valence-corrected chi connectivity index (χ2v) is 7.43. The van der Waals surface area contributed by atoms with E-state index in [9.17, 15) is 14.0 Å². The predicted molar refractivity (Wildman–Crippen MR) is 91.7 cm³/mol. The van der Waals surface area contributed by atoms with Gasteiger partial charge < -0.3 is 10.1 Å². The molecule has 1 N–H and O–H groups in total. The fourth-order valence-electron chi connectivity index (χ4n) is 3.03. The molecule has 2 atom stereocenters. The first-order valence-electron chi connectivity index (χ1n) is 8.18. The third-order valence-corrected chi connectivity index (χ3v) is 5.69. The van der Waals surface area contributed by atoms with Gasteiger partial charge in [0.15, 0.2) is 0 Å². The Morgan fingerprint density at radius 1 is 1.46 bits per heavy atom. The molecule has 0 saturated carbocycles. The largest absolute Gasteiger partial charge is 0.442 e. The van der Waals surface area contributed by atoms with E-state index < -0.39 is 12.2 Å². The average Bonchev–Trinajstić information content (AvgIpc) is 2.94. The van der Waals surface area contributed by atoms with Gasteiger partial charge in [-0.05, 0) is 30.7 Å². The van der Waals surface area contributed by atoms with Crippen LogP contribution in [-0.2, 0) is 9.53 Å². The first kappa shape index (κ1) is 17.1. The van der Waals surface area contributed by atoms with E-state index in [0.717, 1.165) is 18.6 Å². The number of amides is 2. The molecule has 0 aliphatic carbocycles. The highest BCUT2D eigenvalue weighted by Gasteiger charge is 2.33. The van der Waals surface area contributed by atoms with Crippen LogP contribution in [0.2, 0.25) is 0 Å². The summed E-state index contributed by atoms with van der Waals surface area (Å²) in [6, 6.07) is 4.96. The SMILES string of the molecule is CC(=O)NCC1CN(c2ccc([C@@H]3CCCCS3)c(F)c2)C(=O)O1. The summed E-state index contributed by atoms with van der Waals surface area (Å²) in [6.45, 7) is 1.97. The molecule has 7 heteroatoms. The quantitative estimate of drug-likeness (QED) is 0.904. The normalized spacial score (nSPS) is 23.9. The summed E-state index contributed by atoms with van der Waals surface area (Å²) in [4.78, 5) is 24.4. The number of rotatable bonds is 4. The van der Waals surface area contributed by atoms with Crippen LogP contribution in [0.1, 0.15) is 37.0 Å². The lowest BCUT2D eigenvalue weighted by molar-refractivity contribution is -0.119. The molecule has 1 aromatic rings. The highest BCUT2D eigenvalue weighted by Crippen LogP contribution is 2.40. The van der Waals surface area contributed by atoms with E-state index >= 15 is 0 Å². The number of cyclic esters (lactones) is 1. The lowest BCUT2D eigenvalue weighted by atomic mass is 10.0. The molecular formula is C17H21FN2O3S. The highest BCUT2D eigenvalue weighted by atomic mass is 32.2. The lowest BCUT2D eigenvalue weighted by Crippen LogP contribution is -2.33. The van der Waals surface area contributed by atoms with Crippen molar-refractivity contribution in [2.45, 2.75) is 37.5 Å². The van der Waals surface area contributed by atoms with Crippen LogP contribution in [0.15, 0.2) is 18.2 Å². The molecule has 2 heterocycles. The second-order valence-electron chi connectivity index (χ2n) is 6.11. The molecule has 1 unspecified atom stereocenters. The molecule has 2 saturated heterocycles. The number of nitrogens with zero attached hydrogens (tertiary/aromatic N) is 1. The van der Waals surface area contributed by atoms with E-state index in [2.05, 4.69) is 5.32 Å². The van der Waals surface area contributed by atoms with Crippen molar-refractivity contribution in [3.05, 3.63) is 29.6 Å². The van der Waals surface area contributed by atoms with E-state index in [1.165, 1.54) is 24.3 Å². The number of anilines is 1. The Bertz CT molecular complexity index is 634. The summed E-state index contributed by atoms with van der Waals surface area (Å²) < 4.78 is 19.7. The number of hydrogen-bond donors (Lipinski definition) is 1. The van der Waals surface area contributed by atoms with Crippen molar-refractivity contribution >= 4 is 29.4 Å². The van der Waals surface area contributed by atoms with Gasteiger partial charge in [0, 0.05) is 17.7 Å². The number of carbonyl (C=O) groups is 2. The Balaban J connectivity index is 1.69. The minimum absolute atomic E-state index is 0.176. The van der Waals surface area contributed by atoms with Crippen LogP contribution in [0.5, 0.6) is 0 Å². The molecule has 5 nitrogen and oxygen atoms in total. The third-order valence-electron chi connectivity index (χ3n) is 4.28. The van der Waals surface area contributed by atoms with Gasteiger partial charge in [0.1, 0.15) is 11.9 Å². The molecule has 24 heavy (non-hydrogen) atoms. The third kappa shape index (κ3) is 3.83. The zero-order chi connectivity index (χ0) is 17.1. The molecule has 0 aromatic heterocycles. The molecule has 2 aliphatic rings. The maximum atomic E-state index is 14.5. The molecule has 0 radical (unpaired) electrons. The fourth-order valence-corrected chi connectivity index (χ4v) is 4.39. The van der Waals surface area contributed by atoms with Crippen molar-refractivity contribution in [3.63, 3.8) is 0 Å². The van der Waals surface area contributed by atoms with Crippen molar-refractivity contribution in [1.29, 1.82) is 0 Å². The summed E-state index contributed by atoms with van der Waals surface area (Å²) in [6.07, 6.45) is 2.38. The topological polar surface area (TPSA) is 58.6 Å². The van der Waals surface area contributed by atoms with Crippen molar-refractivity contribution in [3.8, 4) is 0 Å². The molecule has 2 fully saturated rings. The molecule has 0 spiro atoms. The molecule has 1 aromatic carbocycles. The van der Waals surface area contributed by atoms with Crippen LogP contribution in [0.4, 0.5) is 14.9 Å². The molecular weight excluding hydrogens is 331 g/mol. The number of ether oxygens (including phenoxy) is 1. The van der Waals surface area contributed by atoms with Crippen molar-refractivity contribution in [2.75, 3.05) is 23.7 Å². The molecule has 2 amide bonds. The maximum absolute atomic E-state index is 14.5. The van der Waals surface area contributed by atoms with Gasteiger partial charge in [0.25, 0.3) is 0 Å². The Hall–Kier alpha value is -1.76. The minimum atomic E-state index is -0.510. The zero-order valence-corrected chi connectivity index (χ0v) is 14.4. The first-order chi connectivity index (χ1) is 11.5. The first-order valence-corrected chi connectivity index (χ1v) is 9.23. The van der Waals surface area contributed by atoms with E-state index in [1.807, 2.05) is 0 Å². The van der Waals surface area contributed by atoms with Crippen LogP contribution < -0.4 is 10.2 Å². The number of halogens is 1. The van der Waals surface area contributed by atoms with E-state index in [4.69, 9.17) is 4.74 Å². The van der Waals surface area contributed by atoms with Crippen LogP contribution in [0.3, 0.4) is 0 Å². The summed E-state index contributed by atoms with van der Waals surface area (Å²) in [5.74, 6) is 0.615. The van der Waals surface area contributed by atoms with Gasteiger partial charge in [-0.15, -0.1) is 0 Å². The average molecular weight is 352 g/mol. The molecule has 0 bridgehead atoms. The van der Waals surface area contributed by atoms with E-state index in [1.54, 1.807) is 23.9 Å². The summed E-state index contributed by atoms with van der Waals surface area (Å²) in [5.41, 5.74) is 1.21. The summed E-state index contributed by atoms with van der Waals surface area (Å²) in [7, 11) is 0. The van der Waals surface area contributed by atoms with Crippen LogP contribution in [-0.4, -0.2) is 36.9 Å². The Morgan fingerprint density at radius 2 is 2.29 bits per heavy atom.